The summed E-state index contributed by atoms with van der Waals surface area (Å²) in [6.45, 7) is 7.43. The van der Waals surface area contributed by atoms with Crippen molar-refractivity contribution >= 4 is 6.09 Å². The van der Waals surface area contributed by atoms with Crippen LogP contribution in [0.25, 0.3) is 0 Å². The summed E-state index contributed by atoms with van der Waals surface area (Å²) in [5.41, 5.74) is -0.792. The number of amides is 1. The normalized spacial score (nSPS) is 31.4. The maximum atomic E-state index is 11.5. The van der Waals surface area contributed by atoms with Crippen molar-refractivity contribution in [1.29, 1.82) is 0 Å². The molecule has 0 aromatic heterocycles. The minimum atomic E-state index is -0.475. The summed E-state index contributed by atoms with van der Waals surface area (Å²) >= 11 is 0. The first-order valence-electron chi connectivity index (χ1n) is 5.39. The van der Waals surface area contributed by atoms with Crippen LogP contribution >= 0.6 is 0 Å². The molecule has 88 valence electrons. The predicted octanol–water partition coefficient (Wildman–Crippen LogP) is 1.81. The van der Waals surface area contributed by atoms with E-state index in [2.05, 4.69) is 5.32 Å². The van der Waals surface area contributed by atoms with E-state index < -0.39 is 11.7 Å². The van der Waals surface area contributed by atoms with Crippen LogP contribution in [-0.4, -0.2) is 28.4 Å². The molecule has 2 N–H and O–H groups in total. The number of hydrogen-bond acceptors (Lipinski definition) is 3. The Bertz CT molecular complexity index is 247. The molecule has 0 saturated heterocycles. The Morgan fingerprint density at radius 2 is 2.13 bits per heavy atom. The number of ether oxygens (including phenoxy) is 1. The zero-order chi connectivity index (χ0) is 11.7. The van der Waals surface area contributed by atoms with E-state index in [-0.39, 0.29) is 11.6 Å². The molecule has 1 rings (SSSR count). The van der Waals surface area contributed by atoms with Gasteiger partial charge in [-0.3, -0.25) is 0 Å². The van der Waals surface area contributed by atoms with E-state index in [1.807, 2.05) is 27.7 Å². The van der Waals surface area contributed by atoms with Crippen molar-refractivity contribution < 1.29 is 14.6 Å². The molecule has 0 aromatic rings. The number of aliphatic hydroxyl groups excluding tert-OH is 1. The van der Waals surface area contributed by atoms with Gasteiger partial charge in [-0.05, 0) is 47.0 Å². The number of carbonyl (C=O) groups excluding carboxylic acids is 1. The number of carbonyl (C=O) groups is 1. The molecule has 0 spiro atoms. The van der Waals surface area contributed by atoms with E-state index in [9.17, 15) is 9.90 Å². The summed E-state index contributed by atoms with van der Waals surface area (Å²) in [5.74, 6) is 0. The highest BCUT2D eigenvalue weighted by molar-refractivity contribution is 5.68. The summed E-state index contributed by atoms with van der Waals surface area (Å²) < 4.78 is 5.17. The van der Waals surface area contributed by atoms with Crippen LogP contribution in [0.2, 0.25) is 0 Å². The molecule has 4 heteroatoms. The topological polar surface area (TPSA) is 58.6 Å². The number of rotatable bonds is 1. The lowest BCUT2D eigenvalue weighted by Gasteiger charge is -2.28. The summed E-state index contributed by atoms with van der Waals surface area (Å²) in [4.78, 5) is 11.5. The van der Waals surface area contributed by atoms with Crippen LogP contribution in [0, 0.1) is 0 Å². The number of alkyl carbamates (subject to hydrolysis) is 1. The van der Waals surface area contributed by atoms with E-state index in [1.165, 1.54) is 0 Å². The van der Waals surface area contributed by atoms with E-state index >= 15 is 0 Å². The molecule has 1 fully saturated rings. The van der Waals surface area contributed by atoms with Gasteiger partial charge in [0, 0.05) is 5.54 Å². The predicted molar refractivity (Wildman–Crippen MR) is 57.6 cm³/mol. The Morgan fingerprint density at radius 3 is 2.53 bits per heavy atom. The van der Waals surface area contributed by atoms with Crippen LogP contribution in [0.1, 0.15) is 47.0 Å². The second kappa shape index (κ2) is 4.00. The summed E-state index contributed by atoms with van der Waals surface area (Å²) in [6.07, 6.45) is 1.44. The van der Waals surface area contributed by atoms with Crippen molar-refractivity contribution in [3.8, 4) is 0 Å². The molecule has 1 aliphatic rings. The van der Waals surface area contributed by atoms with Crippen LogP contribution in [0.3, 0.4) is 0 Å². The monoisotopic (exact) mass is 215 g/mol. The fourth-order valence-corrected chi connectivity index (χ4v) is 1.87. The SMILES string of the molecule is CC(C)(C)OC(=O)N[C@@]1(C)CC[C@H](O)C1. The van der Waals surface area contributed by atoms with Gasteiger partial charge < -0.3 is 15.2 Å². The molecular formula is C11H21NO3. The van der Waals surface area contributed by atoms with E-state index in [4.69, 9.17) is 4.74 Å². The van der Waals surface area contributed by atoms with Gasteiger partial charge in [-0.2, -0.15) is 0 Å². The lowest BCUT2D eigenvalue weighted by molar-refractivity contribution is 0.0459. The number of aliphatic hydroxyl groups is 1. The van der Waals surface area contributed by atoms with Crippen molar-refractivity contribution in [3.63, 3.8) is 0 Å². The highest BCUT2D eigenvalue weighted by atomic mass is 16.6. The minimum Gasteiger partial charge on any atom is -0.444 e. The van der Waals surface area contributed by atoms with Gasteiger partial charge in [0.25, 0.3) is 0 Å². The molecule has 0 unspecified atom stereocenters. The summed E-state index contributed by atoms with van der Waals surface area (Å²) in [7, 11) is 0. The maximum Gasteiger partial charge on any atom is 0.408 e. The molecule has 0 radical (unpaired) electrons. The third-order valence-corrected chi connectivity index (χ3v) is 2.52. The van der Waals surface area contributed by atoms with E-state index in [0.717, 1.165) is 12.8 Å². The molecule has 1 saturated carbocycles. The quantitative estimate of drug-likeness (QED) is 0.701. The Balaban J connectivity index is 2.45. The van der Waals surface area contributed by atoms with Crippen molar-refractivity contribution in [2.45, 2.75) is 64.2 Å². The first-order valence-corrected chi connectivity index (χ1v) is 5.39. The maximum absolute atomic E-state index is 11.5. The van der Waals surface area contributed by atoms with Crippen LogP contribution in [0.5, 0.6) is 0 Å². The molecule has 0 bridgehead atoms. The minimum absolute atomic E-state index is 0.301. The molecule has 4 nitrogen and oxygen atoms in total. The van der Waals surface area contributed by atoms with Gasteiger partial charge in [0.05, 0.1) is 6.10 Å². The van der Waals surface area contributed by atoms with Crippen LogP contribution in [0.4, 0.5) is 4.79 Å². The second-order valence-electron chi connectivity index (χ2n) is 5.58. The summed E-state index contributed by atoms with van der Waals surface area (Å²) in [5, 5.41) is 12.2. The van der Waals surface area contributed by atoms with Crippen molar-refractivity contribution in [1.82, 2.24) is 5.32 Å². The zero-order valence-electron chi connectivity index (χ0n) is 9.96. The van der Waals surface area contributed by atoms with Gasteiger partial charge in [-0.25, -0.2) is 4.79 Å². The highest BCUT2D eigenvalue weighted by Crippen LogP contribution is 2.29. The Kier molecular flexibility index (Phi) is 3.28. The number of hydrogen-bond donors (Lipinski definition) is 2. The van der Waals surface area contributed by atoms with Crippen LogP contribution in [0.15, 0.2) is 0 Å². The molecule has 0 aliphatic heterocycles. The van der Waals surface area contributed by atoms with Crippen LogP contribution in [-0.2, 0) is 4.74 Å². The van der Waals surface area contributed by atoms with Gasteiger partial charge in [-0.15, -0.1) is 0 Å². The lowest BCUT2D eigenvalue weighted by Crippen LogP contribution is -2.46. The molecule has 0 heterocycles. The Morgan fingerprint density at radius 1 is 1.53 bits per heavy atom. The van der Waals surface area contributed by atoms with Gasteiger partial charge in [0.2, 0.25) is 0 Å². The smallest absolute Gasteiger partial charge is 0.408 e. The average molecular weight is 215 g/mol. The molecule has 1 aliphatic carbocycles. The molecule has 2 atom stereocenters. The first-order chi connectivity index (χ1) is 6.70. The Labute approximate surface area is 91.0 Å². The molecular weight excluding hydrogens is 194 g/mol. The van der Waals surface area contributed by atoms with Crippen LogP contribution < -0.4 is 5.32 Å². The fraction of sp³-hybridized carbons (Fsp3) is 0.909. The highest BCUT2D eigenvalue weighted by Gasteiger charge is 2.36. The van der Waals surface area contributed by atoms with Crippen molar-refractivity contribution in [2.24, 2.45) is 0 Å². The average Bonchev–Trinajstić information content (AvgIpc) is 2.25. The standard InChI is InChI=1S/C11H21NO3/c1-10(2,3)15-9(14)12-11(4)6-5-8(13)7-11/h8,13H,5-7H2,1-4H3,(H,12,14)/t8-,11-/m0/s1. The van der Waals surface area contributed by atoms with Gasteiger partial charge in [0.15, 0.2) is 0 Å². The fourth-order valence-electron chi connectivity index (χ4n) is 1.87. The van der Waals surface area contributed by atoms with Gasteiger partial charge in [0.1, 0.15) is 5.60 Å². The third kappa shape index (κ3) is 4.08. The lowest BCUT2D eigenvalue weighted by atomic mass is 10.0. The summed E-state index contributed by atoms with van der Waals surface area (Å²) in [6, 6.07) is 0. The first kappa shape index (κ1) is 12.3. The number of nitrogens with one attached hydrogen (secondary N) is 1. The largest absolute Gasteiger partial charge is 0.444 e. The third-order valence-electron chi connectivity index (χ3n) is 2.52. The van der Waals surface area contributed by atoms with Crippen molar-refractivity contribution in [2.75, 3.05) is 0 Å². The molecule has 0 aromatic carbocycles. The van der Waals surface area contributed by atoms with Crippen molar-refractivity contribution in [3.05, 3.63) is 0 Å². The Hall–Kier alpha value is -0.770. The second-order valence-corrected chi connectivity index (χ2v) is 5.58. The zero-order valence-corrected chi connectivity index (χ0v) is 9.96. The van der Waals surface area contributed by atoms with Gasteiger partial charge >= 0.3 is 6.09 Å². The van der Waals surface area contributed by atoms with Gasteiger partial charge in [-0.1, -0.05) is 0 Å². The van der Waals surface area contributed by atoms with E-state index in [1.54, 1.807) is 0 Å². The molecule has 15 heavy (non-hydrogen) atoms. The van der Waals surface area contributed by atoms with E-state index in [0.29, 0.717) is 6.42 Å². The molecule has 1 amide bonds.